The first-order chi connectivity index (χ1) is 7.65. The fraction of sp³-hybridized carbons (Fsp3) is 0.667. The molecule has 0 radical (unpaired) electrons. The van der Waals surface area contributed by atoms with Gasteiger partial charge in [-0.25, -0.2) is 4.98 Å². The van der Waals surface area contributed by atoms with Crippen LogP contribution in [0.25, 0.3) is 0 Å². The smallest absolute Gasteiger partial charge is 0.228 e. The molecule has 88 valence electrons. The number of carbonyl (C=O) groups is 1. The van der Waals surface area contributed by atoms with Gasteiger partial charge in [0.15, 0.2) is 0 Å². The molecule has 1 saturated heterocycles. The summed E-state index contributed by atoms with van der Waals surface area (Å²) in [4.78, 5) is 18.3. The largest absolute Gasteiger partial charge is 0.342 e. The molecule has 1 aromatic rings. The normalized spacial score (nSPS) is 21.1. The maximum absolute atomic E-state index is 12.0. The van der Waals surface area contributed by atoms with Gasteiger partial charge in [0, 0.05) is 18.5 Å². The van der Waals surface area contributed by atoms with E-state index in [4.69, 9.17) is 0 Å². The molecule has 1 fully saturated rings. The molecule has 0 N–H and O–H groups in total. The van der Waals surface area contributed by atoms with Gasteiger partial charge in [-0.2, -0.15) is 0 Å². The topological polar surface area (TPSA) is 33.2 Å². The summed E-state index contributed by atoms with van der Waals surface area (Å²) in [6, 6.07) is 0. The van der Waals surface area contributed by atoms with Crippen LogP contribution in [0.15, 0.2) is 5.38 Å². The summed E-state index contributed by atoms with van der Waals surface area (Å²) in [5, 5.41) is 3.02. The van der Waals surface area contributed by atoms with Crippen molar-refractivity contribution in [1.82, 2.24) is 9.88 Å². The van der Waals surface area contributed by atoms with Gasteiger partial charge in [-0.1, -0.05) is 6.92 Å². The van der Waals surface area contributed by atoms with Crippen LogP contribution in [0.5, 0.6) is 0 Å². The Balaban J connectivity index is 1.92. The van der Waals surface area contributed by atoms with E-state index in [9.17, 15) is 4.79 Å². The lowest BCUT2D eigenvalue weighted by atomic mass is 10.00. The summed E-state index contributed by atoms with van der Waals surface area (Å²) in [5.41, 5.74) is 0.922. The quantitative estimate of drug-likeness (QED) is 0.791. The molecule has 1 atom stereocenters. The maximum Gasteiger partial charge on any atom is 0.228 e. The van der Waals surface area contributed by atoms with Crippen molar-refractivity contribution < 1.29 is 4.79 Å². The summed E-state index contributed by atoms with van der Waals surface area (Å²) >= 11 is 1.61. The lowest BCUT2D eigenvalue weighted by Gasteiger charge is -2.30. The Hall–Kier alpha value is -0.900. The average Bonchev–Trinajstić information content (AvgIpc) is 2.64. The Morgan fingerprint density at radius 1 is 1.69 bits per heavy atom. The highest BCUT2D eigenvalue weighted by Gasteiger charge is 2.21. The van der Waals surface area contributed by atoms with Gasteiger partial charge >= 0.3 is 0 Å². The highest BCUT2D eigenvalue weighted by Crippen LogP contribution is 2.17. The molecule has 0 spiro atoms. The second kappa shape index (κ2) is 4.95. The van der Waals surface area contributed by atoms with E-state index in [1.807, 2.05) is 17.2 Å². The maximum atomic E-state index is 12.0. The average molecular weight is 238 g/mol. The molecular formula is C12H18N2OS. The van der Waals surface area contributed by atoms with Crippen LogP contribution in [-0.4, -0.2) is 28.9 Å². The van der Waals surface area contributed by atoms with Gasteiger partial charge in [-0.05, 0) is 25.7 Å². The molecule has 16 heavy (non-hydrogen) atoms. The van der Waals surface area contributed by atoms with Crippen molar-refractivity contribution in [3.8, 4) is 0 Å². The van der Waals surface area contributed by atoms with Crippen LogP contribution in [0.3, 0.4) is 0 Å². The van der Waals surface area contributed by atoms with Crippen molar-refractivity contribution in [2.24, 2.45) is 5.92 Å². The number of hydrogen-bond acceptors (Lipinski definition) is 3. The Kier molecular flexibility index (Phi) is 3.59. The van der Waals surface area contributed by atoms with Crippen molar-refractivity contribution in [2.75, 3.05) is 13.1 Å². The number of aromatic nitrogens is 1. The Morgan fingerprint density at radius 2 is 2.50 bits per heavy atom. The van der Waals surface area contributed by atoms with Gasteiger partial charge in [-0.15, -0.1) is 11.3 Å². The van der Waals surface area contributed by atoms with E-state index in [0.29, 0.717) is 12.3 Å². The van der Waals surface area contributed by atoms with Gasteiger partial charge in [0.2, 0.25) is 5.91 Å². The number of carbonyl (C=O) groups excluding carboxylic acids is 1. The van der Waals surface area contributed by atoms with Crippen LogP contribution >= 0.6 is 11.3 Å². The SMILES string of the molecule is Cc1nc(CC(=O)N2CCCC(C)C2)cs1. The van der Waals surface area contributed by atoms with Crippen LogP contribution in [0.4, 0.5) is 0 Å². The molecule has 2 rings (SSSR count). The Bertz CT molecular complexity index is 375. The summed E-state index contributed by atoms with van der Waals surface area (Å²) in [5.74, 6) is 0.881. The first kappa shape index (κ1) is 11.6. The highest BCUT2D eigenvalue weighted by atomic mass is 32.1. The fourth-order valence-electron chi connectivity index (χ4n) is 2.17. The summed E-state index contributed by atoms with van der Waals surface area (Å²) in [6.07, 6.45) is 2.86. The van der Waals surface area contributed by atoms with Gasteiger partial charge in [0.25, 0.3) is 0 Å². The molecule has 1 aliphatic rings. The van der Waals surface area contributed by atoms with E-state index in [-0.39, 0.29) is 5.91 Å². The first-order valence-corrected chi connectivity index (χ1v) is 6.72. The molecule has 1 aliphatic heterocycles. The van der Waals surface area contributed by atoms with Crippen molar-refractivity contribution in [1.29, 1.82) is 0 Å². The van der Waals surface area contributed by atoms with Crippen molar-refractivity contribution >= 4 is 17.2 Å². The number of likely N-dealkylation sites (tertiary alicyclic amines) is 1. The number of amides is 1. The van der Waals surface area contributed by atoms with Gasteiger partial charge < -0.3 is 4.90 Å². The lowest BCUT2D eigenvalue weighted by Crippen LogP contribution is -2.39. The molecule has 1 unspecified atom stereocenters. The summed E-state index contributed by atoms with van der Waals surface area (Å²) < 4.78 is 0. The summed E-state index contributed by atoms with van der Waals surface area (Å²) in [7, 11) is 0. The third-order valence-corrected chi connectivity index (χ3v) is 3.83. The zero-order chi connectivity index (χ0) is 11.5. The zero-order valence-electron chi connectivity index (χ0n) is 9.90. The lowest BCUT2D eigenvalue weighted by molar-refractivity contribution is -0.132. The number of rotatable bonds is 2. The monoisotopic (exact) mass is 238 g/mol. The number of aryl methyl sites for hydroxylation is 1. The molecule has 0 aromatic carbocycles. The van der Waals surface area contributed by atoms with Gasteiger partial charge in [0.05, 0.1) is 17.1 Å². The minimum Gasteiger partial charge on any atom is -0.342 e. The summed E-state index contributed by atoms with van der Waals surface area (Å²) in [6.45, 7) is 6.03. The molecule has 1 amide bonds. The third-order valence-electron chi connectivity index (χ3n) is 3.01. The van der Waals surface area contributed by atoms with E-state index in [2.05, 4.69) is 11.9 Å². The predicted molar refractivity (Wildman–Crippen MR) is 65.5 cm³/mol. The van der Waals surface area contributed by atoms with Crippen molar-refractivity contribution in [2.45, 2.75) is 33.1 Å². The molecule has 0 saturated carbocycles. The van der Waals surface area contributed by atoms with E-state index in [1.165, 1.54) is 6.42 Å². The Labute approximate surface area is 100 Å². The number of piperidine rings is 1. The van der Waals surface area contributed by atoms with Crippen molar-refractivity contribution in [3.63, 3.8) is 0 Å². The molecule has 1 aromatic heterocycles. The third kappa shape index (κ3) is 2.82. The molecule has 3 nitrogen and oxygen atoms in total. The molecule has 2 heterocycles. The Morgan fingerprint density at radius 3 is 3.12 bits per heavy atom. The minimum absolute atomic E-state index is 0.233. The number of hydrogen-bond donors (Lipinski definition) is 0. The van der Waals surface area contributed by atoms with Crippen LogP contribution in [0.1, 0.15) is 30.5 Å². The van der Waals surface area contributed by atoms with E-state index >= 15 is 0 Å². The predicted octanol–water partition coefficient (Wildman–Crippen LogP) is 2.25. The van der Waals surface area contributed by atoms with Gasteiger partial charge in [-0.3, -0.25) is 4.79 Å². The molecule has 0 bridgehead atoms. The van der Waals surface area contributed by atoms with E-state index < -0.39 is 0 Å². The van der Waals surface area contributed by atoms with Crippen molar-refractivity contribution in [3.05, 3.63) is 16.1 Å². The van der Waals surface area contributed by atoms with E-state index in [1.54, 1.807) is 11.3 Å². The second-order valence-electron chi connectivity index (χ2n) is 4.62. The van der Waals surface area contributed by atoms with Crippen LogP contribution < -0.4 is 0 Å². The fourth-order valence-corrected chi connectivity index (χ4v) is 2.78. The first-order valence-electron chi connectivity index (χ1n) is 5.84. The number of nitrogens with zero attached hydrogens (tertiary/aromatic N) is 2. The standard InChI is InChI=1S/C12H18N2OS/c1-9-4-3-5-14(7-9)12(15)6-11-8-16-10(2)13-11/h8-9H,3-7H2,1-2H3. The molecular weight excluding hydrogens is 220 g/mol. The molecule has 4 heteroatoms. The van der Waals surface area contributed by atoms with Gasteiger partial charge in [0.1, 0.15) is 0 Å². The van der Waals surface area contributed by atoms with Crippen LogP contribution in [0.2, 0.25) is 0 Å². The highest BCUT2D eigenvalue weighted by molar-refractivity contribution is 7.09. The minimum atomic E-state index is 0.233. The second-order valence-corrected chi connectivity index (χ2v) is 5.68. The zero-order valence-corrected chi connectivity index (χ0v) is 10.7. The molecule has 0 aliphatic carbocycles. The van der Waals surface area contributed by atoms with Crippen LogP contribution in [-0.2, 0) is 11.2 Å². The van der Waals surface area contributed by atoms with E-state index in [0.717, 1.165) is 30.2 Å². The van der Waals surface area contributed by atoms with Crippen LogP contribution in [0, 0.1) is 12.8 Å². The number of thiazole rings is 1.